The molecule has 2 heterocycles. The van der Waals surface area contributed by atoms with Gasteiger partial charge in [0.25, 0.3) is 17.6 Å². The molecule has 0 radical (unpaired) electrons. The van der Waals surface area contributed by atoms with Gasteiger partial charge in [-0.3, -0.25) is 9.59 Å². The van der Waals surface area contributed by atoms with E-state index >= 15 is 0 Å². The Morgan fingerprint density at radius 2 is 1.88 bits per heavy atom. The molecule has 0 aliphatic heterocycles. The van der Waals surface area contributed by atoms with Crippen molar-refractivity contribution in [3.63, 3.8) is 0 Å². The standard InChI is InChI=1S/C17H16N6O2/c1-10-8-9-18-17-21-14(22-23(10)17)16(25)20-12-4-2-11(3-5-12)15(24)19-13-6-7-13/h2-5,8-9,13H,6-7H2,1H3,(H,19,24)(H,20,25). The topological polar surface area (TPSA) is 101 Å². The van der Waals surface area contributed by atoms with Crippen LogP contribution in [0.15, 0.2) is 36.5 Å². The molecule has 1 fully saturated rings. The van der Waals surface area contributed by atoms with Crippen molar-refractivity contribution in [2.24, 2.45) is 0 Å². The fourth-order valence-corrected chi connectivity index (χ4v) is 2.39. The van der Waals surface area contributed by atoms with Crippen LogP contribution in [0, 0.1) is 6.92 Å². The molecule has 1 saturated carbocycles. The van der Waals surface area contributed by atoms with Crippen molar-refractivity contribution in [2.75, 3.05) is 5.32 Å². The van der Waals surface area contributed by atoms with Crippen molar-refractivity contribution in [3.05, 3.63) is 53.6 Å². The normalized spacial score (nSPS) is 13.6. The van der Waals surface area contributed by atoms with Crippen LogP contribution >= 0.6 is 0 Å². The number of aryl methyl sites for hydroxylation is 1. The summed E-state index contributed by atoms with van der Waals surface area (Å²) in [6.45, 7) is 1.86. The van der Waals surface area contributed by atoms with Crippen molar-refractivity contribution < 1.29 is 9.59 Å². The molecule has 0 saturated heterocycles. The lowest BCUT2D eigenvalue weighted by atomic mass is 10.2. The predicted molar refractivity (Wildman–Crippen MR) is 90.4 cm³/mol. The molecular weight excluding hydrogens is 320 g/mol. The minimum Gasteiger partial charge on any atom is -0.349 e. The van der Waals surface area contributed by atoms with Gasteiger partial charge in [-0.05, 0) is 50.1 Å². The van der Waals surface area contributed by atoms with E-state index in [2.05, 4.69) is 25.7 Å². The number of fused-ring (bicyclic) bond motifs is 1. The van der Waals surface area contributed by atoms with Crippen LogP contribution in [0.4, 0.5) is 5.69 Å². The first-order chi connectivity index (χ1) is 12.1. The van der Waals surface area contributed by atoms with Crippen LogP contribution in [0.1, 0.15) is 39.5 Å². The Kier molecular flexibility index (Phi) is 3.64. The van der Waals surface area contributed by atoms with E-state index in [1.807, 2.05) is 6.92 Å². The minimum absolute atomic E-state index is 0.0392. The van der Waals surface area contributed by atoms with Gasteiger partial charge in [0.1, 0.15) is 0 Å². The molecule has 0 atom stereocenters. The van der Waals surface area contributed by atoms with Gasteiger partial charge in [-0.15, -0.1) is 5.10 Å². The molecule has 3 aromatic rings. The molecular formula is C17H16N6O2. The Hall–Kier alpha value is -3.29. The van der Waals surface area contributed by atoms with E-state index in [0.29, 0.717) is 23.1 Å². The smallest absolute Gasteiger partial charge is 0.295 e. The van der Waals surface area contributed by atoms with Gasteiger partial charge in [-0.2, -0.15) is 4.98 Å². The number of nitrogens with zero attached hydrogens (tertiary/aromatic N) is 4. The van der Waals surface area contributed by atoms with E-state index in [-0.39, 0.29) is 11.7 Å². The number of nitrogens with one attached hydrogen (secondary N) is 2. The fraction of sp³-hybridized carbons (Fsp3) is 0.235. The third kappa shape index (κ3) is 3.18. The maximum Gasteiger partial charge on any atom is 0.295 e. The molecule has 8 heteroatoms. The van der Waals surface area contributed by atoms with E-state index in [1.165, 1.54) is 4.52 Å². The van der Waals surface area contributed by atoms with Crippen LogP contribution in [0.2, 0.25) is 0 Å². The van der Waals surface area contributed by atoms with Crippen LogP contribution in [-0.4, -0.2) is 37.4 Å². The van der Waals surface area contributed by atoms with E-state index in [1.54, 1.807) is 36.5 Å². The molecule has 8 nitrogen and oxygen atoms in total. The maximum absolute atomic E-state index is 12.3. The van der Waals surface area contributed by atoms with Crippen LogP contribution < -0.4 is 10.6 Å². The zero-order valence-electron chi connectivity index (χ0n) is 13.6. The molecule has 1 aromatic carbocycles. The van der Waals surface area contributed by atoms with Gasteiger partial charge in [-0.1, -0.05) is 0 Å². The molecule has 1 aliphatic carbocycles. The van der Waals surface area contributed by atoms with Crippen molar-refractivity contribution in [3.8, 4) is 0 Å². The molecule has 4 rings (SSSR count). The van der Waals surface area contributed by atoms with Crippen LogP contribution in [0.3, 0.4) is 0 Å². The van der Waals surface area contributed by atoms with Gasteiger partial charge in [0, 0.05) is 29.2 Å². The zero-order valence-corrected chi connectivity index (χ0v) is 13.6. The molecule has 126 valence electrons. The Balaban J connectivity index is 1.47. The summed E-state index contributed by atoms with van der Waals surface area (Å²) in [5.41, 5.74) is 1.97. The molecule has 0 bridgehead atoms. The molecule has 2 N–H and O–H groups in total. The number of carbonyl (C=O) groups excluding carboxylic acids is 2. The summed E-state index contributed by atoms with van der Waals surface area (Å²) in [4.78, 5) is 32.5. The first kappa shape index (κ1) is 15.3. The highest BCUT2D eigenvalue weighted by Crippen LogP contribution is 2.19. The van der Waals surface area contributed by atoms with E-state index in [4.69, 9.17) is 0 Å². The van der Waals surface area contributed by atoms with Gasteiger partial charge in [-0.25, -0.2) is 9.50 Å². The van der Waals surface area contributed by atoms with Crippen molar-refractivity contribution in [1.29, 1.82) is 0 Å². The van der Waals surface area contributed by atoms with Crippen molar-refractivity contribution >= 4 is 23.3 Å². The second-order valence-electron chi connectivity index (χ2n) is 6.01. The first-order valence-electron chi connectivity index (χ1n) is 8.01. The highest BCUT2D eigenvalue weighted by Gasteiger charge is 2.23. The minimum atomic E-state index is -0.430. The fourth-order valence-electron chi connectivity index (χ4n) is 2.39. The van der Waals surface area contributed by atoms with E-state index in [0.717, 1.165) is 18.5 Å². The number of hydrogen-bond donors (Lipinski definition) is 2. The van der Waals surface area contributed by atoms with Crippen molar-refractivity contribution in [2.45, 2.75) is 25.8 Å². The predicted octanol–water partition coefficient (Wildman–Crippen LogP) is 1.58. The summed E-state index contributed by atoms with van der Waals surface area (Å²) in [6, 6.07) is 8.81. The summed E-state index contributed by atoms with van der Waals surface area (Å²) in [7, 11) is 0. The number of aromatic nitrogens is 4. The Bertz CT molecular complexity index is 959. The molecule has 2 aromatic heterocycles. The van der Waals surface area contributed by atoms with Crippen LogP contribution in [0.5, 0.6) is 0 Å². The average Bonchev–Trinajstić information content (AvgIpc) is 3.30. The summed E-state index contributed by atoms with van der Waals surface area (Å²) >= 11 is 0. The SMILES string of the molecule is Cc1ccnc2nc(C(=O)Nc3ccc(C(=O)NC4CC4)cc3)nn12. The second-order valence-corrected chi connectivity index (χ2v) is 6.01. The molecule has 2 amide bonds. The highest BCUT2D eigenvalue weighted by molar-refractivity contribution is 6.02. The maximum atomic E-state index is 12.3. The monoisotopic (exact) mass is 336 g/mol. The number of anilines is 1. The van der Waals surface area contributed by atoms with E-state index < -0.39 is 5.91 Å². The number of carbonyl (C=O) groups is 2. The highest BCUT2D eigenvalue weighted by atomic mass is 16.2. The molecule has 0 spiro atoms. The van der Waals surface area contributed by atoms with Crippen LogP contribution in [-0.2, 0) is 0 Å². The van der Waals surface area contributed by atoms with Crippen molar-refractivity contribution in [1.82, 2.24) is 24.9 Å². The molecule has 1 aliphatic rings. The quantitative estimate of drug-likeness (QED) is 0.753. The van der Waals surface area contributed by atoms with Crippen LogP contribution in [0.25, 0.3) is 5.78 Å². The molecule has 0 unspecified atom stereocenters. The summed E-state index contributed by atoms with van der Waals surface area (Å²) in [6.07, 6.45) is 3.70. The molecule has 25 heavy (non-hydrogen) atoms. The Labute approximate surface area is 143 Å². The summed E-state index contributed by atoms with van der Waals surface area (Å²) in [5, 5.41) is 9.80. The number of rotatable bonds is 4. The third-order valence-electron chi connectivity index (χ3n) is 3.95. The first-order valence-corrected chi connectivity index (χ1v) is 8.01. The second kappa shape index (κ2) is 5.97. The number of benzene rings is 1. The van der Waals surface area contributed by atoms with E-state index in [9.17, 15) is 9.59 Å². The number of amides is 2. The largest absolute Gasteiger partial charge is 0.349 e. The van der Waals surface area contributed by atoms with Gasteiger partial charge >= 0.3 is 0 Å². The zero-order chi connectivity index (χ0) is 17.4. The summed E-state index contributed by atoms with van der Waals surface area (Å²) < 4.78 is 1.51. The number of hydrogen-bond acceptors (Lipinski definition) is 5. The lowest BCUT2D eigenvalue weighted by Crippen LogP contribution is -2.25. The third-order valence-corrected chi connectivity index (χ3v) is 3.95. The Morgan fingerprint density at radius 1 is 1.12 bits per heavy atom. The van der Waals surface area contributed by atoms with Gasteiger partial charge in [0.05, 0.1) is 0 Å². The average molecular weight is 336 g/mol. The van der Waals surface area contributed by atoms with Gasteiger partial charge in [0.15, 0.2) is 0 Å². The Morgan fingerprint density at radius 3 is 2.56 bits per heavy atom. The summed E-state index contributed by atoms with van der Waals surface area (Å²) in [5.74, 6) is -0.112. The lowest BCUT2D eigenvalue weighted by Gasteiger charge is -2.05. The van der Waals surface area contributed by atoms with Gasteiger partial charge < -0.3 is 10.6 Å². The lowest BCUT2D eigenvalue weighted by molar-refractivity contribution is 0.0950. The van der Waals surface area contributed by atoms with Gasteiger partial charge in [0.2, 0.25) is 5.82 Å².